The van der Waals surface area contributed by atoms with E-state index in [2.05, 4.69) is 26.1 Å². The maximum Gasteiger partial charge on any atom is 0.417 e. The molecule has 1 N–H and O–H groups in total. The molecule has 24 heavy (non-hydrogen) atoms. The quantitative estimate of drug-likeness (QED) is 0.514. The summed E-state index contributed by atoms with van der Waals surface area (Å²) < 4.78 is 5.11. The van der Waals surface area contributed by atoms with Crippen LogP contribution >= 0.6 is 0 Å². The second kappa shape index (κ2) is 5.92. The molecule has 2 aromatic rings. The maximum absolute atomic E-state index is 12.1. The molecule has 2 atom stereocenters. The lowest BCUT2D eigenvalue weighted by molar-refractivity contribution is -0.386. The fraction of sp³-hybridized carbons (Fsp3) is 0.500. The molecule has 1 aromatic carbocycles. The Kier molecular flexibility index (Phi) is 4.07. The Morgan fingerprint density at radius 1 is 1.29 bits per heavy atom. The number of benzene rings is 1. The summed E-state index contributed by atoms with van der Waals surface area (Å²) in [6, 6.07) is 7.01. The highest BCUT2D eigenvalue weighted by atomic mass is 16.6. The minimum atomic E-state index is -0.913. The van der Waals surface area contributed by atoms with Gasteiger partial charge in [-0.25, -0.2) is 4.79 Å². The number of rotatable bonds is 3. The van der Waals surface area contributed by atoms with Crippen LogP contribution in [0.15, 0.2) is 33.5 Å². The number of nitrogens with zero attached hydrogens (tertiary/aromatic N) is 1. The van der Waals surface area contributed by atoms with Crippen molar-refractivity contribution in [1.82, 2.24) is 0 Å². The van der Waals surface area contributed by atoms with Gasteiger partial charge in [0.2, 0.25) is 0 Å². The van der Waals surface area contributed by atoms with Crippen molar-refractivity contribution in [3.63, 3.8) is 0 Å². The lowest BCUT2D eigenvalue weighted by atomic mass is 9.70. The highest BCUT2D eigenvalue weighted by Gasteiger charge is 2.34. The molecular formula is C18H22N2O4. The van der Waals surface area contributed by atoms with Gasteiger partial charge in [-0.05, 0) is 42.7 Å². The third-order valence-electron chi connectivity index (χ3n) is 4.71. The Labute approximate surface area is 140 Å². The highest BCUT2D eigenvalue weighted by Crippen LogP contribution is 2.41. The summed E-state index contributed by atoms with van der Waals surface area (Å²) in [6.07, 6.45) is 2.96. The monoisotopic (exact) mass is 330 g/mol. The van der Waals surface area contributed by atoms with Gasteiger partial charge in [-0.1, -0.05) is 32.9 Å². The molecule has 1 aliphatic carbocycles. The van der Waals surface area contributed by atoms with Gasteiger partial charge < -0.3 is 9.73 Å². The molecule has 0 aliphatic heterocycles. The predicted molar refractivity (Wildman–Crippen MR) is 93.3 cm³/mol. The molecule has 0 unspecified atom stereocenters. The van der Waals surface area contributed by atoms with Gasteiger partial charge in [0.15, 0.2) is 0 Å². The van der Waals surface area contributed by atoms with Crippen molar-refractivity contribution in [3.05, 3.63) is 44.8 Å². The Hall–Kier alpha value is -2.37. The average molecular weight is 330 g/mol. The minimum Gasteiger partial charge on any atom is -0.418 e. The van der Waals surface area contributed by atoms with Gasteiger partial charge in [0, 0.05) is 11.4 Å². The molecular weight excluding hydrogens is 308 g/mol. The zero-order chi connectivity index (χ0) is 17.5. The van der Waals surface area contributed by atoms with Gasteiger partial charge in [0.05, 0.1) is 4.92 Å². The lowest BCUT2D eigenvalue weighted by Gasteiger charge is -2.39. The molecule has 1 heterocycles. The lowest BCUT2D eigenvalue weighted by Crippen LogP contribution is -2.36. The molecule has 0 saturated heterocycles. The van der Waals surface area contributed by atoms with Crippen LogP contribution in [0.1, 0.15) is 40.0 Å². The highest BCUT2D eigenvalue weighted by molar-refractivity contribution is 5.94. The number of hydrogen-bond donors (Lipinski definition) is 1. The van der Waals surface area contributed by atoms with Gasteiger partial charge >= 0.3 is 11.3 Å². The van der Waals surface area contributed by atoms with Crippen LogP contribution in [0.5, 0.6) is 0 Å². The van der Waals surface area contributed by atoms with E-state index in [1.54, 1.807) is 24.3 Å². The fourth-order valence-corrected chi connectivity index (χ4v) is 4.11. The summed E-state index contributed by atoms with van der Waals surface area (Å²) in [5.74, 6) is 0.525. The molecule has 1 aliphatic rings. The number of nitrogens with one attached hydrogen (secondary N) is 1. The molecule has 1 aromatic heterocycles. The van der Waals surface area contributed by atoms with Crippen molar-refractivity contribution in [3.8, 4) is 0 Å². The van der Waals surface area contributed by atoms with E-state index in [-0.39, 0.29) is 17.1 Å². The van der Waals surface area contributed by atoms with E-state index in [4.69, 9.17) is 4.42 Å². The fourth-order valence-electron chi connectivity index (χ4n) is 4.11. The topological polar surface area (TPSA) is 85.4 Å². The molecule has 0 spiro atoms. The summed E-state index contributed by atoms with van der Waals surface area (Å²) >= 11 is 0. The van der Waals surface area contributed by atoms with Gasteiger partial charge in [-0.15, -0.1) is 0 Å². The Morgan fingerprint density at radius 2 is 2.00 bits per heavy atom. The zero-order valence-corrected chi connectivity index (χ0v) is 14.2. The van der Waals surface area contributed by atoms with E-state index in [0.29, 0.717) is 16.9 Å². The van der Waals surface area contributed by atoms with E-state index in [1.807, 2.05) is 0 Å². The Bertz CT molecular complexity index is 841. The van der Waals surface area contributed by atoms with Crippen molar-refractivity contribution in [2.75, 3.05) is 5.32 Å². The summed E-state index contributed by atoms with van der Waals surface area (Å²) in [6.45, 7) is 6.62. The third kappa shape index (κ3) is 3.13. The molecule has 0 amide bonds. The average Bonchev–Trinajstić information content (AvgIpc) is 2.44. The minimum absolute atomic E-state index is 0.0904. The van der Waals surface area contributed by atoms with Crippen LogP contribution < -0.4 is 10.9 Å². The first-order chi connectivity index (χ1) is 11.3. The molecule has 0 bridgehead atoms. The largest absolute Gasteiger partial charge is 0.418 e. The summed E-state index contributed by atoms with van der Waals surface area (Å²) in [5, 5.41) is 15.3. The number of anilines is 1. The smallest absolute Gasteiger partial charge is 0.417 e. The van der Waals surface area contributed by atoms with Crippen LogP contribution in [0.3, 0.4) is 0 Å². The molecule has 3 rings (SSSR count). The SMILES string of the molecule is C[C@H]1C[C@H](Nc2c([N+](=O)[O-])c(=O)oc3ccccc23)CC(C)(C)C1. The maximum atomic E-state index is 12.1. The van der Waals surface area contributed by atoms with Crippen molar-refractivity contribution in [2.45, 2.75) is 46.1 Å². The number of para-hydroxylation sites is 1. The van der Waals surface area contributed by atoms with E-state index in [1.165, 1.54) is 0 Å². The second-order valence-corrected chi connectivity index (χ2v) is 7.62. The van der Waals surface area contributed by atoms with Crippen LogP contribution in [0, 0.1) is 21.4 Å². The van der Waals surface area contributed by atoms with Crippen LogP contribution in [0.25, 0.3) is 11.0 Å². The number of hydrogen-bond acceptors (Lipinski definition) is 5. The number of nitro groups is 1. The van der Waals surface area contributed by atoms with Gasteiger partial charge in [0.25, 0.3) is 0 Å². The standard InChI is InChI=1S/C18H22N2O4/c1-11-8-12(10-18(2,3)9-11)19-15-13-6-4-5-7-14(13)24-17(21)16(15)20(22)23/h4-7,11-12,19H,8-10H2,1-3H3/t11-,12-/m0/s1. The molecule has 6 nitrogen and oxygen atoms in total. The summed E-state index contributed by atoms with van der Waals surface area (Å²) in [7, 11) is 0. The summed E-state index contributed by atoms with van der Waals surface area (Å²) in [4.78, 5) is 22.9. The number of fused-ring (bicyclic) bond motifs is 1. The van der Waals surface area contributed by atoms with Crippen LogP contribution in [0.2, 0.25) is 0 Å². The molecule has 1 fully saturated rings. The normalized spacial score (nSPS) is 23.1. The van der Waals surface area contributed by atoms with Crippen molar-refractivity contribution >= 4 is 22.3 Å². The van der Waals surface area contributed by atoms with Gasteiger partial charge in [-0.2, -0.15) is 0 Å². The van der Waals surface area contributed by atoms with Gasteiger partial charge in [0.1, 0.15) is 11.3 Å². The van der Waals surface area contributed by atoms with E-state index < -0.39 is 16.2 Å². The Morgan fingerprint density at radius 3 is 2.67 bits per heavy atom. The van der Waals surface area contributed by atoms with E-state index >= 15 is 0 Å². The second-order valence-electron chi connectivity index (χ2n) is 7.62. The molecule has 128 valence electrons. The first-order valence-electron chi connectivity index (χ1n) is 8.23. The van der Waals surface area contributed by atoms with Crippen molar-refractivity contribution in [2.24, 2.45) is 11.3 Å². The third-order valence-corrected chi connectivity index (χ3v) is 4.71. The van der Waals surface area contributed by atoms with Crippen LogP contribution in [0.4, 0.5) is 11.4 Å². The van der Waals surface area contributed by atoms with Crippen molar-refractivity contribution in [1.29, 1.82) is 0 Å². The van der Waals surface area contributed by atoms with E-state index in [9.17, 15) is 14.9 Å². The van der Waals surface area contributed by atoms with Crippen molar-refractivity contribution < 1.29 is 9.34 Å². The Balaban J connectivity index is 2.09. The van der Waals surface area contributed by atoms with Gasteiger partial charge in [-0.3, -0.25) is 10.1 Å². The molecule has 1 saturated carbocycles. The molecule has 6 heteroatoms. The predicted octanol–water partition coefficient (Wildman–Crippen LogP) is 4.33. The first-order valence-corrected chi connectivity index (χ1v) is 8.23. The van der Waals surface area contributed by atoms with Crippen LogP contribution in [-0.4, -0.2) is 11.0 Å². The van der Waals surface area contributed by atoms with Crippen LogP contribution in [-0.2, 0) is 0 Å². The zero-order valence-electron chi connectivity index (χ0n) is 14.2. The summed E-state index contributed by atoms with van der Waals surface area (Å²) in [5.41, 5.74) is -0.617. The first kappa shape index (κ1) is 16.5. The van der Waals surface area contributed by atoms with E-state index in [0.717, 1.165) is 19.3 Å². The molecule has 0 radical (unpaired) electrons.